The van der Waals surface area contributed by atoms with E-state index in [2.05, 4.69) is 0 Å². The highest BCUT2D eigenvalue weighted by atomic mass is 16.5. The number of pyridine rings is 1. The van der Waals surface area contributed by atoms with Crippen molar-refractivity contribution in [1.82, 2.24) is 0 Å². The summed E-state index contributed by atoms with van der Waals surface area (Å²) in [6.45, 7) is 2.38. The standard InChI is InChI=1S/C15H15NO3/c1-12-2-4-13(5-3-12)11-19-14-6-8-16(9-7-14)10-15(17)18/h2-9H,10-11H2,1H3. The minimum absolute atomic E-state index is 0.155. The highest BCUT2D eigenvalue weighted by Gasteiger charge is 2.02. The summed E-state index contributed by atoms with van der Waals surface area (Å²) in [6, 6.07) is 11.6. The average Bonchev–Trinajstić information content (AvgIpc) is 2.39. The normalized spacial score (nSPS) is 10.2. The molecule has 1 aromatic heterocycles. The van der Waals surface area contributed by atoms with Crippen LogP contribution >= 0.6 is 0 Å². The number of carbonyl (C=O) groups is 1. The smallest absolute Gasteiger partial charge is 0.187 e. The molecule has 19 heavy (non-hydrogen) atoms. The second-order valence-electron chi connectivity index (χ2n) is 4.35. The molecule has 4 heteroatoms. The van der Waals surface area contributed by atoms with Gasteiger partial charge in [-0.15, -0.1) is 0 Å². The molecule has 0 saturated heterocycles. The van der Waals surface area contributed by atoms with Crippen molar-refractivity contribution in [2.24, 2.45) is 0 Å². The van der Waals surface area contributed by atoms with Crippen molar-refractivity contribution in [2.75, 3.05) is 0 Å². The number of aliphatic carboxylic acids is 1. The lowest BCUT2D eigenvalue weighted by atomic mass is 10.2. The third-order valence-corrected chi connectivity index (χ3v) is 2.70. The van der Waals surface area contributed by atoms with Crippen molar-refractivity contribution in [3.63, 3.8) is 0 Å². The Morgan fingerprint density at radius 2 is 1.79 bits per heavy atom. The van der Waals surface area contributed by atoms with E-state index in [9.17, 15) is 9.90 Å². The maximum absolute atomic E-state index is 10.4. The van der Waals surface area contributed by atoms with Crippen molar-refractivity contribution >= 4 is 5.97 Å². The summed E-state index contributed by atoms with van der Waals surface area (Å²) in [4.78, 5) is 10.4. The van der Waals surface area contributed by atoms with Crippen LogP contribution in [0.3, 0.4) is 0 Å². The van der Waals surface area contributed by atoms with Crippen LogP contribution in [0.2, 0.25) is 0 Å². The van der Waals surface area contributed by atoms with Gasteiger partial charge in [0.25, 0.3) is 0 Å². The van der Waals surface area contributed by atoms with Crippen LogP contribution in [0.25, 0.3) is 0 Å². The predicted octanol–water partition coefficient (Wildman–Crippen LogP) is 0.611. The fourth-order valence-electron chi connectivity index (χ4n) is 1.65. The quantitative estimate of drug-likeness (QED) is 0.737. The summed E-state index contributed by atoms with van der Waals surface area (Å²) in [5.41, 5.74) is 2.31. The first-order valence-corrected chi connectivity index (χ1v) is 6.01. The Kier molecular flexibility index (Phi) is 4.13. The number of rotatable bonds is 5. The Balaban J connectivity index is 1.92. The van der Waals surface area contributed by atoms with Gasteiger partial charge in [0.1, 0.15) is 18.3 Å². The molecule has 0 fully saturated rings. The monoisotopic (exact) mass is 257 g/mol. The lowest BCUT2D eigenvalue weighted by Crippen LogP contribution is -2.43. The number of benzene rings is 1. The highest BCUT2D eigenvalue weighted by molar-refractivity contribution is 5.62. The van der Waals surface area contributed by atoms with E-state index in [1.165, 1.54) is 10.1 Å². The summed E-state index contributed by atoms with van der Waals surface area (Å²) in [7, 11) is 0. The fraction of sp³-hybridized carbons (Fsp3) is 0.200. The predicted molar refractivity (Wildman–Crippen MR) is 67.2 cm³/mol. The molecule has 0 amide bonds. The molecule has 0 aliphatic carbocycles. The number of carboxylic acids is 1. The van der Waals surface area contributed by atoms with E-state index in [0.29, 0.717) is 12.4 Å². The Bertz CT molecular complexity index is 547. The van der Waals surface area contributed by atoms with E-state index in [1.54, 1.807) is 24.5 Å². The second kappa shape index (κ2) is 6.00. The van der Waals surface area contributed by atoms with E-state index in [-0.39, 0.29) is 6.54 Å². The molecule has 0 aliphatic heterocycles. The Labute approximate surface area is 111 Å². The molecule has 2 rings (SSSR count). The molecule has 0 radical (unpaired) electrons. The van der Waals surface area contributed by atoms with Gasteiger partial charge in [0.2, 0.25) is 0 Å². The van der Waals surface area contributed by atoms with Gasteiger partial charge in [0, 0.05) is 12.1 Å². The zero-order valence-electron chi connectivity index (χ0n) is 10.7. The van der Waals surface area contributed by atoms with E-state index in [1.807, 2.05) is 31.2 Å². The average molecular weight is 257 g/mol. The summed E-state index contributed by atoms with van der Waals surface area (Å²) >= 11 is 0. The number of aryl methyl sites for hydroxylation is 1. The van der Waals surface area contributed by atoms with Crippen LogP contribution < -0.4 is 14.4 Å². The summed E-state index contributed by atoms with van der Waals surface area (Å²) in [5, 5.41) is 10.4. The first-order valence-electron chi connectivity index (χ1n) is 6.01. The second-order valence-corrected chi connectivity index (χ2v) is 4.35. The molecule has 2 aromatic rings. The van der Waals surface area contributed by atoms with E-state index in [4.69, 9.17) is 4.74 Å². The molecule has 0 bridgehead atoms. The van der Waals surface area contributed by atoms with Gasteiger partial charge in [-0.1, -0.05) is 29.8 Å². The number of nitrogens with zero attached hydrogens (tertiary/aromatic N) is 1. The van der Waals surface area contributed by atoms with Gasteiger partial charge >= 0.3 is 0 Å². The highest BCUT2D eigenvalue weighted by Crippen LogP contribution is 2.10. The van der Waals surface area contributed by atoms with Crippen LogP contribution in [0.15, 0.2) is 48.8 Å². The van der Waals surface area contributed by atoms with Crippen LogP contribution in [0, 0.1) is 6.92 Å². The molecule has 0 unspecified atom stereocenters. The lowest BCUT2D eigenvalue weighted by Gasteiger charge is -2.06. The zero-order valence-corrected chi connectivity index (χ0v) is 10.7. The molecular formula is C15H15NO3. The summed E-state index contributed by atoms with van der Waals surface area (Å²) < 4.78 is 7.14. The van der Waals surface area contributed by atoms with Crippen LogP contribution in [-0.2, 0) is 17.9 Å². The van der Waals surface area contributed by atoms with E-state index in [0.717, 1.165) is 5.56 Å². The number of aromatic nitrogens is 1. The van der Waals surface area contributed by atoms with Crippen LogP contribution in [0.5, 0.6) is 5.75 Å². The Morgan fingerprint density at radius 3 is 2.37 bits per heavy atom. The zero-order chi connectivity index (χ0) is 13.7. The topological polar surface area (TPSA) is 53.2 Å². The van der Waals surface area contributed by atoms with Crippen molar-refractivity contribution in [1.29, 1.82) is 0 Å². The SMILES string of the molecule is Cc1ccc(COc2cc[n+](CC(=O)[O-])cc2)cc1. The largest absolute Gasteiger partial charge is 0.544 e. The molecule has 0 spiro atoms. The van der Waals surface area contributed by atoms with Crippen molar-refractivity contribution in [3.05, 3.63) is 59.9 Å². The maximum atomic E-state index is 10.4. The molecule has 0 atom stereocenters. The molecule has 0 N–H and O–H groups in total. The molecule has 0 saturated carbocycles. The molecule has 4 nitrogen and oxygen atoms in total. The molecule has 1 aromatic carbocycles. The van der Waals surface area contributed by atoms with E-state index < -0.39 is 5.97 Å². The number of hydrogen-bond donors (Lipinski definition) is 0. The van der Waals surface area contributed by atoms with Gasteiger partial charge in [0.15, 0.2) is 18.9 Å². The minimum Gasteiger partial charge on any atom is -0.544 e. The van der Waals surface area contributed by atoms with Gasteiger partial charge in [-0.25, -0.2) is 0 Å². The fourth-order valence-corrected chi connectivity index (χ4v) is 1.65. The van der Waals surface area contributed by atoms with Gasteiger partial charge < -0.3 is 14.6 Å². The third-order valence-electron chi connectivity index (χ3n) is 2.70. The first-order chi connectivity index (χ1) is 9.13. The number of carbonyl (C=O) groups excluding carboxylic acids is 1. The van der Waals surface area contributed by atoms with Gasteiger partial charge in [-0.3, -0.25) is 0 Å². The molecule has 98 valence electrons. The van der Waals surface area contributed by atoms with Gasteiger partial charge in [-0.05, 0) is 12.5 Å². The van der Waals surface area contributed by atoms with Crippen LogP contribution in [0.1, 0.15) is 11.1 Å². The number of ether oxygens (including phenoxy) is 1. The van der Waals surface area contributed by atoms with Crippen LogP contribution in [-0.4, -0.2) is 5.97 Å². The third kappa shape index (κ3) is 4.10. The minimum atomic E-state index is -1.11. The number of carboxylic acid groups (broad SMARTS) is 1. The van der Waals surface area contributed by atoms with Gasteiger partial charge in [-0.2, -0.15) is 4.57 Å². The number of hydrogen-bond acceptors (Lipinski definition) is 3. The summed E-state index contributed by atoms with van der Waals surface area (Å²) in [5.74, 6) is -0.409. The summed E-state index contributed by atoms with van der Waals surface area (Å²) in [6.07, 6.45) is 3.31. The Morgan fingerprint density at radius 1 is 1.16 bits per heavy atom. The van der Waals surface area contributed by atoms with Gasteiger partial charge in [0.05, 0.1) is 0 Å². The molecule has 1 heterocycles. The van der Waals surface area contributed by atoms with Crippen molar-refractivity contribution < 1.29 is 19.2 Å². The van der Waals surface area contributed by atoms with Crippen molar-refractivity contribution in [3.8, 4) is 5.75 Å². The Hall–Kier alpha value is -2.36. The molecular weight excluding hydrogens is 242 g/mol. The van der Waals surface area contributed by atoms with E-state index >= 15 is 0 Å². The van der Waals surface area contributed by atoms with Crippen LogP contribution in [0.4, 0.5) is 0 Å². The maximum Gasteiger partial charge on any atom is 0.187 e. The lowest BCUT2D eigenvalue weighted by molar-refractivity contribution is -0.690. The first kappa shape index (κ1) is 13.1. The van der Waals surface area contributed by atoms with Crippen molar-refractivity contribution in [2.45, 2.75) is 20.1 Å². The molecule has 0 aliphatic rings.